The van der Waals surface area contributed by atoms with Crippen LogP contribution in [0.4, 0.5) is 0 Å². The van der Waals surface area contributed by atoms with Crippen LogP contribution in [0.5, 0.6) is 0 Å². The molecule has 0 amide bonds. The van der Waals surface area contributed by atoms with E-state index in [0.29, 0.717) is 0 Å². The van der Waals surface area contributed by atoms with E-state index in [1.54, 1.807) is 0 Å². The van der Waals surface area contributed by atoms with E-state index < -0.39 is 0 Å². The maximum Gasteiger partial charge on any atom is -0.0414 e. The summed E-state index contributed by atoms with van der Waals surface area (Å²) in [5.41, 5.74) is 0. The largest absolute Gasteiger partial charge is 0.0654 e. The fourth-order valence-electron chi connectivity index (χ4n) is 7.61. The van der Waals surface area contributed by atoms with Crippen LogP contribution < -0.4 is 0 Å². The molecule has 0 saturated heterocycles. The summed E-state index contributed by atoms with van der Waals surface area (Å²) in [4.78, 5) is 0. The van der Waals surface area contributed by atoms with Crippen LogP contribution in [0.2, 0.25) is 0 Å². The summed E-state index contributed by atoms with van der Waals surface area (Å²) in [5.74, 6) is 1.04. The number of hydrogen-bond acceptors (Lipinski definition) is 0. The highest BCUT2D eigenvalue weighted by Gasteiger charge is 2.09. The van der Waals surface area contributed by atoms with E-state index in [9.17, 15) is 0 Å². The predicted molar refractivity (Wildman–Crippen MR) is 210 cm³/mol. The Hall–Kier alpha value is 0. The van der Waals surface area contributed by atoms with Gasteiger partial charge in [-0.1, -0.05) is 284 Å². The molecule has 272 valence electrons. The second kappa shape index (κ2) is 42.0. The molecule has 0 aromatic heterocycles. The van der Waals surface area contributed by atoms with Gasteiger partial charge in [0.2, 0.25) is 0 Å². The Morgan fingerprint density at radius 2 is 0.311 bits per heavy atom. The Morgan fingerprint density at radius 3 is 0.467 bits per heavy atom. The van der Waals surface area contributed by atoms with E-state index in [1.165, 1.54) is 263 Å². The Bertz CT molecular complexity index is 480. The van der Waals surface area contributed by atoms with Gasteiger partial charge in [0.1, 0.15) is 0 Å². The molecule has 45 heavy (non-hydrogen) atoms. The van der Waals surface area contributed by atoms with Crippen molar-refractivity contribution in [1.29, 1.82) is 0 Å². The highest BCUT2D eigenvalue weighted by atomic mass is 14.1. The highest BCUT2D eigenvalue weighted by molar-refractivity contribution is 4.62. The number of unbranched alkanes of at least 4 members (excludes halogenated alkanes) is 35. The average molecular weight is 633 g/mol. The molecule has 0 heterocycles. The first-order valence-corrected chi connectivity index (χ1v) is 22.3. The Balaban J connectivity index is 3.84. The highest BCUT2D eigenvalue weighted by Crippen LogP contribution is 2.25. The second-order valence-electron chi connectivity index (χ2n) is 15.6. The molecule has 1 atom stereocenters. The third-order valence-electron chi connectivity index (χ3n) is 10.9. The Morgan fingerprint density at radius 1 is 0.178 bits per heavy atom. The van der Waals surface area contributed by atoms with Gasteiger partial charge in [-0.25, -0.2) is 0 Å². The quantitative estimate of drug-likeness (QED) is 0.0588. The summed E-state index contributed by atoms with van der Waals surface area (Å²) >= 11 is 0. The molecule has 0 heteroatoms. The smallest absolute Gasteiger partial charge is 0.0414 e. The van der Waals surface area contributed by atoms with Crippen LogP contribution in [0.15, 0.2) is 0 Å². The predicted octanol–water partition coefficient (Wildman–Crippen LogP) is 17.7. The Labute approximate surface area is 289 Å². The maximum absolute atomic E-state index is 2.33. The third kappa shape index (κ3) is 40.1. The molecule has 0 saturated carbocycles. The molecule has 0 aliphatic carbocycles. The topological polar surface area (TPSA) is 0 Å². The van der Waals surface area contributed by atoms with Gasteiger partial charge < -0.3 is 0 Å². The van der Waals surface area contributed by atoms with E-state index in [0.717, 1.165) is 5.92 Å². The molecule has 0 aliphatic rings. The Kier molecular flexibility index (Phi) is 42.0. The molecule has 0 N–H and O–H groups in total. The van der Waals surface area contributed by atoms with Crippen LogP contribution >= 0.6 is 0 Å². The maximum atomic E-state index is 2.33. The molecule has 0 nitrogen and oxygen atoms in total. The normalized spacial score (nSPS) is 12.3. The minimum atomic E-state index is 1.04. The van der Waals surface area contributed by atoms with Crippen molar-refractivity contribution in [3.63, 3.8) is 0 Å². The molecular formula is C45H92. The first-order chi connectivity index (χ1) is 22.3. The van der Waals surface area contributed by atoms with Gasteiger partial charge in [0.25, 0.3) is 0 Å². The lowest BCUT2D eigenvalue weighted by Crippen LogP contribution is -2.01. The zero-order chi connectivity index (χ0) is 32.6. The molecule has 0 aromatic carbocycles. The molecule has 0 rings (SSSR count). The van der Waals surface area contributed by atoms with Gasteiger partial charge in [-0.3, -0.25) is 0 Å². The molecule has 1 unspecified atom stereocenters. The zero-order valence-corrected chi connectivity index (χ0v) is 32.6. The van der Waals surface area contributed by atoms with Crippen molar-refractivity contribution in [2.45, 2.75) is 284 Å². The van der Waals surface area contributed by atoms with Crippen LogP contribution in [0, 0.1) is 5.92 Å². The summed E-state index contributed by atoms with van der Waals surface area (Å²) in [6.07, 6.45) is 60.8. The van der Waals surface area contributed by atoms with Gasteiger partial charge in [-0.15, -0.1) is 0 Å². The van der Waals surface area contributed by atoms with Gasteiger partial charge in [-0.05, 0) is 5.92 Å². The van der Waals surface area contributed by atoms with Crippen molar-refractivity contribution in [3.05, 3.63) is 0 Å². The van der Waals surface area contributed by atoms with Crippen LogP contribution in [0.25, 0.3) is 0 Å². The molecule has 0 radical (unpaired) electrons. The van der Waals surface area contributed by atoms with Gasteiger partial charge in [0.05, 0.1) is 0 Å². The first-order valence-electron chi connectivity index (χ1n) is 22.3. The molecular weight excluding hydrogens is 540 g/mol. The lowest BCUT2D eigenvalue weighted by Gasteiger charge is -2.17. The van der Waals surface area contributed by atoms with Gasteiger partial charge >= 0.3 is 0 Å². The van der Waals surface area contributed by atoms with Gasteiger partial charge in [0.15, 0.2) is 0 Å². The molecule has 0 aliphatic heterocycles. The fourth-order valence-corrected chi connectivity index (χ4v) is 7.61. The van der Waals surface area contributed by atoms with Crippen LogP contribution in [-0.4, -0.2) is 0 Å². The summed E-state index contributed by atoms with van der Waals surface area (Å²) in [5, 5.41) is 0. The van der Waals surface area contributed by atoms with Gasteiger partial charge in [0, 0.05) is 0 Å². The molecule has 0 bridgehead atoms. The lowest BCUT2D eigenvalue weighted by atomic mass is 9.89. The summed E-state index contributed by atoms with van der Waals surface area (Å²) in [6.45, 7) is 6.96. The van der Waals surface area contributed by atoms with Crippen LogP contribution in [0.3, 0.4) is 0 Å². The zero-order valence-electron chi connectivity index (χ0n) is 32.6. The van der Waals surface area contributed by atoms with E-state index in [2.05, 4.69) is 20.8 Å². The fraction of sp³-hybridized carbons (Fsp3) is 1.00. The van der Waals surface area contributed by atoms with Crippen molar-refractivity contribution < 1.29 is 0 Å². The summed E-state index contributed by atoms with van der Waals surface area (Å²) < 4.78 is 0. The van der Waals surface area contributed by atoms with Crippen molar-refractivity contribution in [1.82, 2.24) is 0 Å². The van der Waals surface area contributed by atoms with Crippen molar-refractivity contribution >= 4 is 0 Å². The minimum Gasteiger partial charge on any atom is -0.0654 e. The van der Waals surface area contributed by atoms with Crippen molar-refractivity contribution in [2.24, 2.45) is 5.92 Å². The minimum absolute atomic E-state index is 1.04. The third-order valence-corrected chi connectivity index (χ3v) is 10.9. The van der Waals surface area contributed by atoms with E-state index >= 15 is 0 Å². The molecule has 0 aromatic rings. The van der Waals surface area contributed by atoms with Gasteiger partial charge in [-0.2, -0.15) is 0 Å². The SMILES string of the molecule is CCCCCCCCCCCCCCCCCCC(CCCCCCCCCCC)CCCCCCCCCCCCCCC. The standard InChI is InChI=1S/C45H92/c1-4-7-10-13-16-19-21-23-24-25-27-29-32-35-38-41-44-45(42-39-36-33-30-18-15-12-9-6-3)43-40-37-34-31-28-26-22-20-17-14-11-8-5-2/h45H,4-44H2,1-3H3. The second-order valence-corrected chi connectivity index (χ2v) is 15.6. The first kappa shape index (κ1) is 45.0. The number of rotatable bonds is 41. The van der Waals surface area contributed by atoms with E-state index in [1.807, 2.05) is 0 Å². The monoisotopic (exact) mass is 633 g/mol. The lowest BCUT2D eigenvalue weighted by molar-refractivity contribution is 0.365. The van der Waals surface area contributed by atoms with Crippen LogP contribution in [-0.2, 0) is 0 Å². The van der Waals surface area contributed by atoms with E-state index in [-0.39, 0.29) is 0 Å². The van der Waals surface area contributed by atoms with E-state index in [4.69, 9.17) is 0 Å². The molecule has 0 fully saturated rings. The van der Waals surface area contributed by atoms with Crippen molar-refractivity contribution in [2.75, 3.05) is 0 Å². The molecule has 0 spiro atoms. The van der Waals surface area contributed by atoms with Crippen LogP contribution in [0.1, 0.15) is 284 Å². The number of hydrogen-bond donors (Lipinski definition) is 0. The summed E-state index contributed by atoms with van der Waals surface area (Å²) in [6, 6.07) is 0. The average Bonchev–Trinajstić information content (AvgIpc) is 3.05. The van der Waals surface area contributed by atoms with Crippen molar-refractivity contribution in [3.8, 4) is 0 Å². The summed E-state index contributed by atoms with van der Waals surface area (Å²) in [7, 11) is 0.